The summed E-state index contributed by atoms with van der Waals surface area (Å²) in [5, 5.41) is 8.04. The second-order valence-corrected chi connectivity index (χ2v) is 11.0. The van der Waals surface area contributed by atoms with Crippen LogP contribution >= 0.6 is 11.8 Å². The van der Waals surface area contributed by atoms with Crippen molar-refractivity contribution in [2.24, 2.45) is 0 Å². The molecule has 11 heteroatoms. The highest BCUT2D eigenvalue weighted by atomic mass is 32.2. The topological polar surface area (TPSA) is 111 Å². The Morgan fingerprint density at radius 1 is 1.08 bits per heavy atom. The Bertz CT molecular complexity index is 1360. The van der Waals surface area contributed by atoms with Crippen molar-refractivity contribution < 1.29 is 22.7 Å². The average Bonchev–Trinajstić information content (AvgIpc) is 3.40. The van der Waals surface area contributed by atoms with Crippen LogP contribution in [0.2, 0.25) is 0 Å². The summed E-state index contributed by atoms with van der Waals surface area (Å²) in [6.07, 6.45) is 6.89. The second kappa shape index (κ2) is 11.6. The van der Waals surface area contributed by atoms with Gasteiger partial charge < -0.3 is 4.74 Å². The smallest absolute Gasteiger partial charge is 0.258 e. The molecule has 0 spiro atoms. The Labute approximate surface area is 214 Å². The Balaban J connectivity index is 1.45. The lowest BCUT2D eigenvalue weighted by Gasteiger charge is -2.26. The van der Waals surface area contributed by atoms with E-state index in [1.165, 1.54) is 34.5 Å². The summed E-state index contributed by atoms with van der Waals surface area (Å²) < 4.78 is 34.2. The van der Waals surface area contributed by atoms with Crippen LogP contribution in [0.15, 0.2) is 71.0 Å². The minimum absolute atomic E-state index is 0.0789. The number of Topliss-reactive ketones (excluding diaryl/α,β-unsaturated/α-hetero) is 1. The van der Waals surface area contributed by atoms with E-state index in [-0.39, 0.29) is 22.2 Å². The third-order valence-corrected chi connectivity index (χ3v) is 8.60. The fraction of sp³-hybridized carbons (Fsp3) is 0.280. The zero-order chi connectivity index (χ0) is 25.5. The molecule has 188 valence electrons. The molecule has 1 aliphatic heterocycles. The van der Waals surface area contributed by atoms with Crippen molar-refractivity contribution in [2.75, 3.05) is 26.0 Å². The molecule has 0 aliphatic carbocycles. The minimum Gasteiger partial charge on any atom is -0.495 e. The van der Waals surface area contributed by atoms with E-state index in [2.05, 4.69) is 10.2 Å². The van der Waals surface area contributed by atoms with E-state index in [4.69, 9.17) is 4.74 Å². The molecule has 1 aromatic heterocycles. The van der Waals surface area contributed by atoms with E-state index in [1.54, 1.807) is 42.5 Å². The van der Waals surface area contributed by atoms with E-state index in [1.807, 2.05) is 6.07 Å². The molecule has 1 saturated heterocycles. The van der Waals surface area contributed by atoms with Gasteiger partial charge in [0.05, 0.1) is 12.9 Å². The van der Waals surface area contributed by atoms with Gasteiger partial charge in [0.25, 0.3) is 5.91 Å². The van der Waals surface area contributed by atoms with Crippen molar-refractivity contribution >= 4 is 39.6 Å². The normalized spacial score (nSPS) is 14.7. The number of hydrogen-bond acceptors (Lipinski definition) is 8. The van der Waals surface area contributed by atoms with Crippen molar-refractivity contribution in [2.45, 2.75) is 29.3 Å². The van der Waals surface area contributed by atoms with Crippen molar-refractivity contribution in [3.05, 3.63) is 72.1 Å². The van der Waals surface area contributed by atoms with Gasteiger partial charge in [-0.3, -0.25) is 9.59 Å². The first-order valence-electron chi connectivity index (χ1n) is 11.4. The SMILES string of the molecule is COc1cc(C=CC(=O)n2cnnc2SCC(=O)c2ccccc2)ccc1S(=O)(=O)N1CCCCC1. The highest BCUT2D eigenvalue weighted by molar-refractivity contribution is 7.99. The van der Waals surface area contributed by atoms with Gasteiger partial charge in [-0.05, 0) is 36.6 Å². The molecule has 0 amide bonds. The molecule has 0 N–H and O–H groups in total. The second-order valence-electron chi connectivity index (χ2n) is 8.11. The van der Waals surface area contributed by atoms with Crippen LogP contribution in [-0.2, 0) is 10.0 Å². The number of ether oxygens (including phenoxy) is 1. The predicted molar refractivity (Wildman–Crippen MR) is 137 cm³/mol. The Morgan fingerprint density at radius 3 is 2.56 bits per heavy atom. The van der Waals surface area contributed by atoms with Crippen LogP contribution in [-0.4, -0.2) is 65.1 Å². The largest absolute Gasteiger partial charge is 0.495 e. The Kier molecular flexibility index (Phi) is 8.34. The van der Waals surface area contributed by atoms with Gasteiger partial charge in [0.15, 0.2) is 10.9 Å². The van der Waals surface area contributed by atoms with E-state index in [9.17, 15) is 18.0 Å². The number of carbonyl (C=O) groups excluding carboxylic acids is 2. The summed E-state index contributed by atoms with van der Waals surface area (Å²) in [6, 6.07) is 13.6. The minimum atomic E-state index is -3.66. The number of rotatable bonds is 9. The molecule has 0 radical (unpaired) electrons. The van der Waals surface area contributed by atoms with Gasteiger partial charge >= 0.3 is 0 Å². The quantitative estimate of drug-likeness (QED) is 0.235. The standard InChI is InChI=1S/C25H26N4O5S2/c1-34-22-16-19(10-12-23(22)36(32,33)28-14-6-3-7-15-28)11-13-24(31)29-18-26-27-25(29)35-17-21(30)20-8-4-2-5-9-20/h2,4-5,8-13,16,18H,3,6-7,14-15,17H2,1H3. The van der Waals surface area contributed by atoms with Crippen LogP contribution in [0, 0.1) is 0 Å². The van der Waals surface area contributed by atoms with Gasteiger partial charge in [-0.1, -0.05) is 54.6 Å². The van der Waals surface area contributed by atoms with E-state index in [0.29, 0.717) is 29.4 Å². The molecule has 3 aromatic rings. The summed E-state index contributed by atoms with van der Waals surface area (Å²) in [6.45, 7) is 0.996. The molecule has 36 heavy (non-hydrogen) atoms. The maximum absolute atomic E-state index is 13.1. The lowest BCUT2D eigenvalue weighted by Crippen LogP contribution is -2.35. The fourth-order valence-corrected chi connectivity index (χ4v) is 6.27. The zero-order valence-corrected chi connectivity index (χ0v) is 21.4. The van der Waals surface area contributed by atoms with E-state index >= 15 is 0 Å². The molecule has 0 atom stereocenters. The number of aromatic nitrogens is 3. The first-order valence-corrected chi connectivity index (χ1v) is 13.8. The van der Waals surface area contributed by atoms with Crippen LogP contribution in [0.3, 0.4) is 0 Å². The third-order valence-electron chi connectivity index (χ3n) is 5.72. The number of nitrogens with zero attached hydrogens (tertiary/aromatic N) is 4. The molecule has 2 aromatic carbocycles. The zero-order valence-electron chi connectivity index (χ0n) is 19.7. The first kappa shape index (κ1) is 25.8. The molecule has 0 unspecified atom stereocenters. The van der Waals surface area contributed by atoms with Crippen molar-refractivity contribution in [3.63, 3.8) is 0 Å². The molecule has 4 rings (SSSR count). The molecule has 1 fully saturated rings. The maximum Gasteiger partial charge on any atom is 0.258 e. The summed E-state index contributed by atoms with van der Waals surface area (Å²) >= 11 is 1.12. The lowest BCUT2D eigenvalue weighted by atomic mass is 10.2. The van der Waals surface area contributed by atoms with Crippen LogP contribution in [0.5, 0.6) is 5.75 Å². The maximum atomic E-state index is 13.1. The number of carbonyl (C=O) groups is 2. The number of hydrogen-bond donors (Lipinski definition) is 0. The van der Waals surface area contributed by atoms with Gasteiger partial charge in [0.2, 0.25) is 10.0 Å². The van der Waals surface area contributed by atoms with Crippen LogP contribution < -0.4 is 4.74 Å². The Morgan fingerprint density at radius 2 is 1.83 bits per heavy atom. The van der Waals surface area contributed by atoms with Crippen molar-refractivity contribution in [3.8, 4) is 5.75 Å². The molecule has 0 saturated carbocycles. The summed E-state index contributed by atoms with van der Waals surface area (Å²) in [4.78, 5) is 25.2. The van der Waals surface area contributed by atoms with Crippen molar-refractivity contribution in [1.82, 2.24) is 19.1 Å². The van der Waals surface area contributed by atoms with E-state index in [0.717, 1.165) is 31.0 Å². The van der Waals surface area contributed by atoms with E-state index < -0.39 is 15.9 Å². The number of ketones is 1. The van der Waals surface area contributed by atoms with Crippen LogP contribution in [0.25, 0.3) is 6.08 Å². The van der Waals surface area contributed by atoms with Crippen LogP contribution in [0.4, 0.5) is 0 Å². The molecule has 9 nitrogen and oxygen atoms in total. The summed E-state index contributed by atoms with van der Waals surface area (Å²) in [5.74, 6) is -0.150. The molecule has 2 heterocycles. The van der Waals surface area contributed by atoms with Crippen molar-refractivity contribution in [1.29, 1.82) is 0 Å². The van der Waals surface area contributed by atoms with Gasteiger partial charge in [0.1, 0.15) is 17.0 Å². The van der Waals surface area contributed by atoms with Gasteiger partial charge in [-0.25, -0.2) is 13.0 Å². The third kappa shape index (κ3) is 5.92. The summed E-state index contributed by atoms with van der Waals surface area (Å²) in [7, 11) is -2.24. The lowest BCUT2D eigenvalue weighted by molar-refractivity contribution is 0.0957. The monoisotopic (exact) mass is 526 g/mol. The summed E-state index contributed by atoms with van der Waals surface area (Å²) in [5.41, 5.74) is 1.18. The number of piperidine rings is 1. The highest BCUT2D eigenvalue weighted by Gasteiger charge is 2.28. The molecular weight excluding hydrogens is 500 g/mol. The molecule has 0 bridgehead atoms. The number of benzene rings is 2. The van der Waals surface area contributed by atoms with Crippen LogP contribution in [0.1, 0.15) is 40.0 Å². The molecule has 1 aliphatic rings. The average molecular weight is 527 g/mol. The van der Waals surface area contributed by atoms with Gasteiger partial charge in [0, 0.05) is 24.7 Å². The highest BCUT2D eigenvalue weighted by Crippen LogP contribution is 2.30. The fourth-order valence-electron chi connectivity index (χ4n) is 3.80. The van der Waals surface area contributed by atoms with Gasteiger partial charge in [-0.15, -0.1) is 10.2 Å². The predicted octanol–water partition coefficient (Wildman–Crippen LogP) is 3.79. The Hall–Kier alpha value is -3.28. The number of thioether (sulfide) groups is 1. The number of allylic oxidation sites excluding steroid dienone is 1. The first-order chi connectivity index (χ1) is 17.4. The molecular formula is C25H26N4O5S2. The van der Waals surface area contributed by atoms with Gasteiger partial charge in [-0.2, -0.15) is 4.31 Å². The number of sulfonamides is 1. The number of methoxy groups -OCH3 is 1.